The maximum absolute atomic E-state index is 12.7. The van der Waals surface area contributed by atoms with Crippen LogP contribution in [0.5, 0.6) is 0 Å². The van der Waals surface area contributed by atoms with Crippen LogP contribution in [0, 0.1) is 13.8 Å². The van der Waals surface area contributed by atoms with Gasteiger partial charge in [-0.3, -0.25) is 0 Å². The molecule has 0 unspecified atom stereocenters. The molecule has 1 aromatic rings. The zero-order chi connectivity index (χ0) is 20.3. The van der Waals surface area contributed by atoms with Crippen molar-refractivity contribution in [3.63, 3.8) is 0 Å². The van der Waals surface area contributed by atoms with Gasteiger partial charge in [-0.2, -0.15) is 0 Å². The summed E-state index contributed by atoms with van der Waals surface area (Å²) in [6.07, 6.45) is -1.61. The molecule has 144 valence electrons. The summed E-state index contributed by atoms with van der Waals surface area (Å²) >= 11 is 0. The Balaban J connectivity index is 3.28. The lowest BCUT2D eigenvalue weighted by Gasteiger charge is -2.27. The predicted octanol–water partition coefficient (Wildman–Crippen LogP) is 4.29. The number of aliphatic imine (C=N–C) groups is 1. The summed E-state index contributed by atoms with van der Waals surface area (Å²) < 4.78 is 10.5. The Bertz CT molecular complexity index is 712. The number of anilines is 1. The summed E-state index contributed by atoms with van der Waals surface area (Å²) in [6.45, 7) is 14.2. The van der Waals surface area contributed by atoms with E-state index in [-0.39, 0.29) is 5.96 Å². The maximum atomic E-state index is 12.7. The second kappa shape index (κ2) is 7.76. The summed E-state index contributed by atoms with van der Waals surface area (Å²) in [5.74, 6) is -0.322. The van der Waals surface area contributed by atoms with Gasteiger partial charge in [-0.15, -0.1) is 4.99 Å². The van der Waals surface area contributed by atoms with E-state index in [0.29, 0.717) is 5.69 Å². The summed E-state index contributed by atoms with van der Waals surface area (Å²) in [5.41, 5.74) is 6.96. The van der Waals surface area contributed by atoms with E-state index in [4.69, 9.17) is 15.2 Å². The van der Waals surface area contributed by atoms with Crippen molar-refractivity contribution in [1.82, 2.24) is 0 Å². The van der Waals surface area contributed by atoms with Crippen LogP contribution in [-0.4, -0.2) is 29.3 Å². The molecule has 0 aromatic heterocycles. The Kier molecular flexibility index (Phi) is 6.41. The molecule has 0 saturated carbocycles. The zero-order valence-corrected chi connectivity index (χ0v) is 16.8. The average Bonchev–Trinajstić information content (AvgIpc) is 2.38. The van der Waals surface area contributed by atoms with Gasteiger partial charge in [0.25, 0.3) is 0 Å². The SMILES string of the molecule is Cc1ccc(N(C(=O)OC(C)(C)C)C(N)=NC(=O)OC(C)(C)C)cc1C. The van der Waals surface area contributed by atoms with Crippen LogP contribution in [0.3, 0.4) is 0 Å². The third-order valence-electron chi connectivity index (χ3n) is 3.15. The minimum absolute atomic E-state index is 0.322. The van der Waals surface area contributed by atoms with Gasteiger partial charge >= 0.3 is 12.2 Å². The van der Waals surface area contributed by atoms with Gasteiger partial charge in [-0.1, -0.05) is 6.07 Å². The predicted molar refractivity (Wildman–Crippen MR) is 102 cm³/mol. The number of nitrogens with two attached hydrogens (primary N) is 1. The van der Waals surface area contributed by atoms with E-state index in [9.17, 15) is 9.59 Å². The van der Waals surface area contributed by atoms with Crippen molar-refractivity contribution in [1.29, 1.82) is 0 Å². The molecular formula is C19H29N3O4. The highest BCUT2D eigenvalue weighted by Gasteiger charge is 2.27. The summed E-state index contributed by atoms with van der Waals surface area (Å²) in [7, 11) is 0. The van der Waals surface area contributed by atoms with Gasteiger partial charge in [0.05, 0.1) is 5.69 Å². The summed E-state index contributed by atoms with van der Waals surface area (Å²) in [5, 5.41) is 0. The van der Waals surface area contributed by atoms with Crippen molar-refractivity contribution >= 4 is 23.8 Å². The number of hydrogen-bond acceptors (Lipinski definition) is 4. The van der Waals surface area contributed by atoms with Crippen molar-refractivity contribution in [2.75, 3.05) is 4.90 Å². The smallest absolute Gasteiger partial charge is 0.437 e. The molecule has 0 radical (unpaired) electrons. The fourth-order valence-corrected chi connectivity index (χ4v) is 1.93. The number of carbonyl (C=O) groups excluding carboxylic acids is 2. The molecule has 0 aliphatic carbocycles. The molecule has 0 heterocycles. The van der Waals surface area contributed by atoms with Gasteiger partial charge in [0, 0.05) is 0 Å². The van der Waals surface area contributed by atoms with E-state index in [0.717, 1.165) is 16.0 Å². The molecular weight excluding hydrogens is 334 g/mol. The van der Waals surface area contributed by atoms with E-state index in [1.165, 1.54) is 0 Å². The summed E-state index contributed by atoms with van der Waals surface area (Å²) in [4.78, 5) is 29.4. The van der Waals surface area contributed by atoms with Gasteiger partial charge < -0.3 is 15.2 Å². The number of amides is 2. The van der Waals surface area contributed by atoms with E-state index in [1.54, 1.807) is 53.7 Å². The first-order valence-corrected chi connectivity index (χ1v) is 8.37. The first-order chi connectivity index (χ1) is 11.7. The molecule has 0 aliphatic rings. The third-order valence-corrected chi connectivity index (χ3v) is 3.15. The standard InChI is InChI=1S/C19H29N3O4/c1-12-9-10-14(11-13(12)2)22(17(24)26-19(6,7)8)15(20)21-16(23)25-18(3,4)5/h9-11H,1-8H3,(H2,20,21,23). The first kappa shape index (κ1) is 21.5. The fourth-order valence-electron chi connectivity index (χ4n) is 1.93. The molecule has 0 spiro atoms. The second-order valence-corrected chi connectivity index (χ2v) is 8.03. The number of ether oxygens (including phenoxy) is 2. The summed E-state index contributed by atoms with van der Waals surface area (Å²) in [6, 6.07) is 5.34. The van der Waals surface area contributed by atoms with Gasteiger partial charge in [-0.25, -0.2) is 14.5 Å². The largest absolute Gasteiger partial charge is 0.443 e. The number of guanidine groups is 1. The van der Waals surface area contributed by atoms with Crippen LogP contribution in [0.2, 0.25) is 0 Å². The third kappa shape index (κ3) is 6.74. The lowest BCUT2D eigenvalue weighted by atomic mass is 10.1. The topological polar surface area (TPSA) is 94.2 Å². The van der Waals surface area contributed by atoms with Crippen molar-refractivity contribution in [2.24, 2.45) is 10.7 Å². The number of rotatable bonds is 1. The maximum Gasteiger partial charge on any atom is 0.437 e. The van der Waals surface area contributed by atoms with Crippen molar-refractivity contribution in [3.05, 3.63) is 29.3 Å². The first-order valence-electron chi connectivity index (χ1n) is 8.37. The highest BCUT2D eigenvalue weighted by molar-refractivity contribution is 6.15. The highest BCUT2D eigenvalue weighted by Crippen LogP contribution is 2.22. The monoisotopic (exact) mass is 363 g/mol. The molecule has 0 atom stereocenters. The molecule has 2 amide bonds. The molecule has 0 bridgehead atoms. The van der Waals surface area contributed by atoms with Crippen molar-refractivity contribution in [3.8, 4) is 0 Å². The van der Waals surface area contributed by atoms with Crippen molar-refractivity contribution < 1.29 is 19.1 Å². The molecule has 0 aliphatic heterocycles. The van der Waals surface area contributed by atoms with Crippen LogP contribution in [0.1, 0.15) is 52.7 Å². The number of hydrogen-bond donors (Lipinski definition) is 1. The second-order valence-electron chi connectivity index (χ2n) is 8.03. The van der Waals surface area contributed by atoms with Crippen LogP contribution in [0.4, 0.5) is 15.3 Å². The van der Waals surface area contributed by atoms with Crippen LogP contribution < -0.4 is 10.6 Å². The highest BCUT2D eigenvalue weighted by atomic mass is 16.6. The van der Waals surface area contributed by atoms with Crippen LogP contribution in [0.25, 0.3) is 0 Å². The normalized spacial score (nSPS) is 12.5. The van der Waals surface area contributed by atoms with Gasteiger partial charge in [0.15, 0.2) is 0 Å². The van der Waals surface area contributed by atoms with E-state index < -0.39 is 23.4 Å². The van der Waals surface area contributed by atoms with E-state index in [1.807, 2.05) is 19.9 Å². The molecule has 7 nitrogen and oxygen atoms in total. The quantitative estimate of drug-likeness (QED) is 0.593. The Hall–Kier alpha value is -2.57. The van der Waals surface area contributed by atoms with Gasteiger partial charge in [0.2, 0.25) is 5.96 Å². The Morgan fingerprint density at radius 3 is 1.96 bits per heavy atom. The van der Waals surface area contributed by atoms with Gasteiger partial charge in [0.1, 0.15) is 11.2 Å². The molecule has 2 N–H and O–H groups in total. The number of aryl methyl sites for hydroxylation is 2. The van der Waals surface area contributed by atoms with Gasteiger partial charge in [-0.05, 0) is 78.6 Å². The minimum Gasteiger partial charge on any atom is -0.443 e. The lowest BCUT2D eigenvalue weighted by Crippen LogP contribution is -2.45. The molecule has 7 heteroatoms. The fraction of sp³-hybridized carbons (Fsp3) is 0.526. The Labute approximate surface area is 155 Å². The van der Waals surface area contributed by atoms with Crippen LogP contribution in [0.15, 0.2) is 23.2 Å². The van der Waals surface area contributed by atoms with Crippen LogP contribution >= 0.6 is 0 Å². The number of nitrogens with zero attached hydrogens (tertiary/aromatic N) is 2. The molecule has 26 heavy (non-hydrogen) atoms. The lowest BCUT2D eigenvalue weighted by molar-refractivity contribution is 0.0601. The van der Waals surface area contributed by atoms with E-state index in [2.05, 4.69) is 4.99 Å². The van der Waals surface area contributed by atoms with E-state index >= 15 is 0 Å². The molecule has 1 aromatic carbocycles. The molecule has 0 fully saturated rings. The minimum atomic E-state index is -0.882. The Morgan fingerprint density at radius 1 is 0.962 bits per heavy atom. The number of carbonyl (C=O) groups is 2. The zero-order valence-electron chi connectivity index (χ0n) is 16.8. The van der Waals surface area contributed by atoms with Crippen molar-refractivity contribution in [2.45, 2.75) is 66.6 Å². The average molecular weight is 363 g/mol. The number of benzene rings is 1. The Morgan fingerprint density at radius 2 is 1.50 bits per heavy atom. The molecule has 1 rings (SSSR count). The molecule has 0 saturated heterocycles. The van der Waals surface area contributed by atoms with Crippen LogP contribution in [-0.2, 0) is 9.47 Å².